The molecule has 2 unspecified atom stereocenters. The number of cyclic esters (lactones) is 2. The summed E-state index contributed by atoms with van der Waals surface area (Å²) in [5, 5.41) is 0. The van der Waals surface area contributed by atoms with E-state index in [2.05, 4.69) is 37.5 Å². The fraction of sp³-hybridized carbons (Fsp3) is 0.882. The van der Waals surface area contributed by atoms with Gasteiger partial charge < -0.3 is 19.3 Å². The second-order valence-electron chi connectivity index (χ2n) is 6.52. The Bertz CT molecular complexity index is 392. The summed E-state index contributed by atoms with van der Waals surface area (Å²) in [5.41, 5.74) is -1.06. The first-order valence-corrected chi connectivity index (χ1v) is 8.85. The van der Waals surface area contributed by atoms with Crippen LogP contribution in [0.5, 0.6) is 0 Å². The molecule has 0 aromatic carbocycles. The largest absolute Gasteiger partial charge is 0.460 e. The zero-order valence-corrected chi connectivity index (χ0v) is 14.8. The molecule has 2 fully saturated rings. The number of likely N-dealkylation sites (N-methyl/N-ethyl adjacent to an activating group) is 2. The maximum Gasteiger partial charge on any atom is 0.324 e. The van der Waals surface area contributed by atoms with Crippen molar-refractivity contribution in [2.45, 2.75) is 52.7 Å². The maximum atomic E-state index is 12.4. The van der Waals surface area contributed by atoms with Gasteiger partial charge in [-0.25, -0.2) is 0 Å². The second-order valence-corrected chi connectivity index (χ2v) is 6.52. The van der Waals surface area contributed by atoms with Crippen LogP contribution in [-0.4, -0.2) is 73.2 Å². The zero-order valence-electron chi connectivity index (χ0n) is 14.8. The molecule has 0 amide bonds. The topological polar surface area (TPSA) is 59.1 Å². The number of carbonyl (C=O) groups excluding carboxylic acids is 2. The van der Waals surface area contributed by atoms with Crippen LogP contribution < -0.4 is 0 Å². The van der Waals surface area contributed by atoms with Gasteiger partial charge in [0.1, 0.15) is 12.2 Å². The van der Waals surface area contributed by atoms with Gasteiger partial charge in [-0.2, -0.15) is 0 Å². The SMILES string of the molecule is CCN(CC)CC1CC2(CC(CN(CC)CC)OC2=O)C(=O)O1. The molecule has 0 N–H and O–H groups in total. The molecule has 6 nitrogen and oxygen atoms in total. The Balaban J connectivity index is 2.01. The maximum absolute atomic E-state index is 12.4. The molecule has 0 aliphatic carbocycles. The lowest BCUT2D eigenvalue weighted by atomic mass is 9.81. The summed E-state index contributed by atoms with van der Waals surface area (Å²) >= 11 is 0. The smallest absolute Gasteiger partial charge is 0.324 e. The lowest BCUT2D eigenvalue weighted by molar-refractivity contribution is -0.158. The van der Waals surface area contributed by atoms with E-state index in [1.807, 2.05) is 0 Å². The van der Waals surface area contributed by atoms with Crippen molar-refractivity contribution >= 4 is 11.9 Å². The van der Waals surface area contributed by atoms with Crippen molar-refractivity contribution in [3.05, 3.63) is 0 Å². The summed E-state index contributed by atoms with van der Waals surface area (Å²) < 4.78 is 11.0. The van der Waals surface area contributed by atoms with Gasteiger partial charge in [0, 0.05) is 25.9 Å². The van der Waals surface area contributed by atoms with E-state index in [1.54, 1.807) is 0 Å². The molecule has 2 rings (SSSR count). The minimum Gasteiger partial charge on any atom is -0.460 e. The molecule has 2 atom stereocenters. The number of ether oxygens (including phenoxy) is 2. The molecule has 6 heteroatoms. The molecular formula is C17H30N2O4. The summed E-state index contributed by atoms with van der Waals surface area (Å²) in [6, 6.07) is 0. The number of hydrogen-bond donors (Lipinski definition) is 0. The molecule has 23 heavy (non-hydrogen) atoms. The van der Waals surface area contributed by atoms with Gasteiger partial charge in [0.2, 0.25) is 0 Å². The Labute approximate surface area is 139 Å². The molecule has 1 spiro atoms. The lowest BCUT2D eigenvalue weighted by Crippen LogP contribution is -2.34. The zero-order chi connectivity index (χ0) is 17.0. The third-order valence-corrected chi connectivity index (χ3v) is 5.19. The van der Waals surface area contributed by atoms with E-state index in [0.29, 0.717) is 25.9 Å². The molecular weight excluding hydrogens is 296 g/mol. The van der Waals surface area contributed by atoms with Crippen molar-refractivity contribution in [1.29, 1.82) is 0 Å². The first kappa shape index (κ1) is 18.2. The van der Waals surface area contributed by atoms with Crippen LogP contribution >= 0.6 is 0 Å². The van der Waals surface area contributed by atoms with Crippen molar-refractivity contribution in [3.63, 3.8) is 0 Å². The van der Waals surface area contributed by atoms with Gasteiger partial charge in [-0.05, 0) is 26.2 Å². The van der Waals surface area contributed by atoms with Crippen LogP contribution in [0.4, 0.5) is 0 Å². The number of nitrogens with zero attached hydrogens (tertiary/aromatic N) is 2. The van der Waals surface area contributed by atoms with Crippen LogP contribution in [0.1, 0.15) is 40.5 Å². The molecule has 132 valence electrons. The fourth-order valence-electron chi connectivity index (χ4n) is 3.63. The normalized spacial score (nSPS) is 30.5. The molecule has 2 aliphatic rings. The second kappa shape index (κ2) is 7.62. The van der Waals surface area contributed by atoms with E-state index in [9.17, 15) is 9.59 Å². The van der Waals surface area contributed by atoms with Crippen LogP contribution in [0, 0.1) is 5.41 Å². The Hall–Kier alpha value is -1.14. The van der Waals surface area contributed by atoms with E-state index in [1.165, 1.54) is 0 Å². The third-order valence-electron chi connectivity index (χ3n) is 5.19. The molecule has 2 saturated heterocycles. The van der Waals surface area contributed by atoms with Gasteiger partial charge in [-0.1, -0.05) is 27.7 Å². The predicted octanol–water partition coefficient (Wildman–Crippen LogP) is 1.29. The Kier molecular flexibility index (Phi) is 6.03. The van der Waals surface area contributed by atoms with Gasteiger partial charge in [-0.15, -0.1) is 0 Å². The molecule has 2 aliphatic heterocycles. The van der Waals surface area contributed by atoms with Crippen LogP contribution in [0.3, 0.4) is 0 Å². The molecule has 0 radical (unpaired) electrons. The summed E-state index contributed by atoms with van der Waals surface area (Å²) in [7, 11) is 0. The minimum absolute atomic E-state index is 0.206. The molecule has 0 bridgehead atoms. The first-order valence-electron chi connectivity index (χ1n) is 8.85. The average molecular weight is 326 g/mol. The highest BCUT2D eigenvalue weighted by Gasteiger charge is 2.61. The van der Waals surface area contributed by atoms with Gasteiger partial charge in [0.25, 0.3) is 0 Å². The van der Waals surface area contributed by atoms with E-state index >= 15 is 0 Å². The van der Waals surface area contributed by atoms with Gasteiger partial charge in [0.05, 0.1) is 0 Å². The Morgan fingerprint density at radius 3 is 1.48 bits per heavy atom. The molecule has 0 aromatic rings. The van der Waals surface area contributed by atoms with E-state index in [0.717, 1.165) is 26.2 Å². The standard InChI is InChI=1S/C17H30N2O4/c1-5-18(6-2)11-13-9-17(15(20)22-13)10-14(23-16(17)21)12-19(7-3)8-4/h13-14H,5-12H2,1-4H3. The Morgan fingerprint density at radius 1 is 0.826 bits per heavy atom. The summed E-state index contributed by atoms with van der Waals surface area (Å²) in [6.07, 6.45) is 0.496. The van der Waals surface area contributed by atoms with E-state index in [-0.39, 0.29) is 24.1 Å². The molecule has 0 aromatic heterocycles. The number of carbonyl (C=O) groups is 2. The number of rotatable bonds is 8. The predicted molar refractivity (Wildman–Crippen MR) is 87.0 cm³/mol. The fourth-order valence-corrected chi connectivity index (χ4v) is 3.63. The van der Waals surface area contributed by atoms with Gasteiger partial charge in [0.15, 0.2) is 5.41 Å². The average Bonchev–Trinajstić information content (AvgIpc) is 3.03. The Morgan fingerprint density at radius 2 is 1.17 bits per heavy atom. The lowest BCUT2D eigenvalue weighted by Gasteiger charge is -2.22. The monoisotopic (exact) mass is 326 g/mol. The van der Waals surface area contributed by atoms with Crippen molar-refractivity contribution in [2.75, 3.05) is 39.3 Å². The summed E-state index contributed by atoms with van der Waals surface area (Å²) in [5.74, 6) is -0.775. The van der Waals surface area contributed by atoms with Crippen LogP contribution in [0.15, 0.2) is 0 Å². The summed E-state index contributed by atoms with van der Waals surface area (Å²) in [4.78, 5) is 29.2. The van der Waals surface area contributed by atoms with Crippen LogP contribution in [-0.2, 0) is 19.1 Å². The molecule has 0 saturated carbocycles. The molecule has 2 heterocycles. The van der Waals surface area contributed by atoms with Crippen LogP contribution in [0.25, 0.3) is 0 Å². The summed E-state index contributed by atoms with van der Waals surface area (Å²) in [6.45, 7) is 13.3. The van der Waals surface area contributed by atoms with Gasteiger partial charge >= 0.3 is 11.9 Å². The first-order chi connectivity index (χ1) is 11.0. The van der Waals surface area contributed by atoms with Crippen molar-refractivity contribution < 1.29 is 19.1 Å². The number of esters is 2. The number of hydrogen-bond acceptors (Lipinski definition) is 6. The van der Waals surface area contributed by atoms with Crippen molar-refractivity contribution in [2.24, 2.45) is 5.41 Å². The highest BCUT2D eigenvalue weighted by Crippen LogP contribution is 2.45. The van der Waals surface area contributed by atoms with Crippen LogP contribution in [0.2, 0.25) is 0 Å². The van der Waals surface area contributed by atoms with E-state index in [4.69, 9.17) is 9.47 Å². The van der Waals surface area contributed by atoms with E-state index < -0.39 is 5.41 Å². The van der Waals surface area contributed by atoms with Crippen molar-refractivity contribution in [3.8, 4) is 0 Å². The van der Waals surface area contributed by atoms with Crippen molar-refractivity contribution in [1.82, 2.24) is 9.80 Å². The highest BCUT2D eigenvalue weighted by molar-refractivity contribution is 6.02. The third kappa shape index (κ3) is 3.69. The van der Waals surface area contributed by atoms with Gasteiger partial charge in [-0.3, -0.25) is 9.59 Å². The highest BCUT2D eigenvalue weighted by atomic mass is 16.6. The minimum atomic E-state index is -1.06. The quantitative estimate of drug-likeness (QED) is 0.495.